The second kappa shape index (κ2) is 9.71. The van der Waals surface area contributed by atoms with Crippen LogP contribution in [0.5, 0.6) is 5.75 Å². The second-order valence-electron chi connectivity index (χ2n) is 10.0. The van der Waals surface area contributed by atoms with Crippen LogP contribution in [0.1, 0.15) is 69.3 Å². The van der Waals surface area contributed by atoms with Gasteiger partial charge in [0.2, 0.25) is 5.91 Å². The standard InChI is InChI=1S/C25H36N2O6/c1-17-14-19-21(29)16-25(8-11-26(12-9-25)23(30)33-24(3,4)5)32-22(19)15-20(17)27(18(2)28)10-7-13-31-6/h14-15H,7-13,16H2,1-6H3. The van der Waals surface area contributed by atoms with E-state index >= 15 is 0 Å². The predicted octanol–water partition coefficient (Wildman–Crippen LogP) is 4.12. The fourth-order valence-electron chi connectivity index (χ4n) is 4.44. The first-order valence-electron chi connectivity index (χ1n) is 11.6. The van der Waals surface area contributed by atoms with E-state index in [2.05, 4.69) is 0 Å². The number of hydrogen-bond donors (Lipinski definition) is 0. The lowest BCUT2D eigenvalue weighted by Gasteiger charge is -2.44. The normalized spacial score (nSPS) is 17.4. The Morgan fingerprint density at radius 2 is 1.88 bits per heavy atom. The van der Waals surface area contributed by atoms with E-state index in [4.69, 9.17) is 14.2 Å². The van der Waals surface area contributed by atoms with E-state index in [9.17, 15) is 14.4 Å². The van der Waals surface area contributed by atoms with Crippen LogP contribution >= 0.6 is 0 Å². The largest absolute Gasteiger partial charge is 0.486 e. The number of methoxy groups -OCH3 is 1. The molecule has 8 heteroatoms. The molecule has 0 aromatic heterocycles. The third-order valence-corrected chi connectivity index (χ3v) is 6.14. The molecule has 8 nitrogen and oxygen atoms in total. The smallest absolute Gasteiger partial charge is 0.410 e. The first kappa shape index (κ1) is 25.0. The van der Waals surface area contributed by atoms with Crippen LogP contribution in [0, 0.1) is 6.92 Å². The van der Waals surface area contributed by atoms with E-state index < -0.39 is 11.2 Å². The van der Waals surface area contributed by atoms with Crippen molar-refractivity contribution in [3.05, 3.63) is 23.3 Å². The van der Waals surface area contributed by atoms with Crippen molar-refractivity contribution in [2.45, 2.75) is 71.5 Å². The maximum Gasteiger partial charge on any atom is 0.410 e. The number of likely N-dealkylation sites (tertiary alicyclic amines) is 1. The predicted molar refractivity (Wildman–Crippen MR) is 125 cm³/mol. The number of anilines is 1. The Bertz CT molecular complexity index is 912. The van der Waals surface area contributed by atoms with E-state index in [-0.39, 0.29) is 24.2 Å². The van der Waals surface area contributed by atoms with Crippen molar-refractivity contribution < 1.29 is 28.6 Å². The summed E-state index contributed by atoms with van der Waals surface area (Å²) in [6.07, 6.45) is 1.74. The van der Waals surface area contributed by atoms with Crippen molar-refractivity contribution in [2.75, 3.05) is 38.3 Å². The summed E-state index contributed by atoms with van der Waals surface area (Å²) in [6, 6.07) is 3.64. The number of piperidine rings is 1. The minimum Gasteiger partial charge on any atom is -0.486 e. The molecule has 0 saturated carbocycles. The van der Waals surface area contributed by atoms with Crippen LogP contribution in [0.2, 0.25) is 0 Å². The summed E-state index contributed by atoms with van der Waals surface area (Å²) in [5.41, 5.74) is 0.952. The Balaban J connectivity index is 1.79. The highest BCUT2D eigenvalue weighted by atomic mass is 16.6. The van der Waals surface area contributed by atoms with Crippen LogP contribution in [-0.2, 0) is 14.3 Å². The summed E-state index contributed by atoms with van der Waals surface area (Å²) in [6.45, 7) is 11.0. The molecule has 0 bridgehead atoms. The Hall–Kier alpha value is -2.61. The molecule has 1 aromatic carbocycles. The Labute approximate surface area is 196 Å². The van der Waals surface area contributed by atoms with Gasteiger partial charge in [-0.05, 0) is 45.7 Å². The zero-order valence-electron chi connectivity index (χ0n) is 20.7. The monoisotopic (exact) mass is 460 g/mol. The van der Waals surface area contributed by atoms with Gasteiger partial charge in [-0.2, -0.15) is 0 Å². The summed E-state index contributed by atoms with van der Waals surface area (Å²) >= 11 is 0. The Morgan fingerprint density at radius 1 is 1.21 bits per heavy atom. The molecule has 2 aliphatic rings. The van der Waals surface area contributed by atoms with Crippen molar-refractivity contribution in [2.24, 2.45) is 0 Å². The number of benzene rings is 1. The number of hydrogen-bond acceptors (Lipinski definition) is 6. The third-order valence-electron chi connectivity index (χ3n) is 6.14. The van der Waals surface area contributed by atoms with Gasteiger partial charge >= 0.3 is 6.09 Å². The molecule has 0 radical (unpaired) electrons. The number of nitrogens with zero attached hydrogens (tertiary/aromatic N) is 2. The van der Waals surface area contributed by atoms with Gasteiger partial charge in [0.05, 0.1) is 17.7 Å². The zero-order chi connectivity index (χ0) is 24.4. The van der Waals surface area contributed by atoms with Crippen molar-refractivity contribution >= 4 is 23.5 Å². The lowest BCUT2D eigenvalue weighted by molar-refractivity contribution is -0.116. The van der Waals surface area contributed by atoms with Gasteiger partial charge in [-0.25, -0.2) is 4.79 Å². The number of amides is 2. The summed E-state index contributed by atoms with van der Waals surface area (Å²) in [4.78, 5) is 41.2. The molecule has 3 rings (SSSR count). The molecule has 182 valence electrons. The minimum atomic E-state index is -0.647. The van der Waals surface area contributed by atoms with Gasteiger partial charge in [0.15, 0.2) is 5.78 Å². The van der Waals surface area contributed by atoms with Gasteiger partial charge in [-0.15, -0.1) is 0 Å². The summed E-state index contributed by atoms with van der Waals surface area (Å²) in [7, 11) is 1.63. The molecule has 1 fully saturated rings. The number of carbonyl (C=O) groups excluding carboxylic acids is 3. The van der Waals surface area contributed by atoms with Crippen LogP contribution in [0.25, 0.3) is 0 Å². The van der Waals surface area contributed by atoms with Crippen molar-refractivity contribution in [1.29, 1.82) is 0 Å². The molecule has 0 unspecified atom stereocenters. The first-order valence-corrected chi connectivity index (χ1v) is 11.6. The lowest BCUT2D eigenvalue weighted by Crippen LogP contribution is -2.53. The van der Waals surface area contributed by atoms with Crippen molar-refractivity contribution in [1.82, 2.24) is 4.90 Å². The highest BCUT2D eigenvalue weighted by molar-refractivity contribution is 6.02. The highest BCUT2D eigenvalue weighted by Gasteiger charge is 2.44. The molecule has 1 spiro atoms. The molecule has 2 heterocycles. The third kappa shape index (κ3) is 5.85. The van der Waals surface area contributed by atoms with Gasteiger partial charge in [-0.3, -0.25) is 9.59 Å². The highest BCUT2D eigenvalue weighted by Crippen LogP contribution is 2.42. The Kier molecular flexibility index (Phi) is 7.36. The van der Waals surface area contributed by atoms with Gasteiger partial charge < -0.3 is 24.0 Å². The van der Waals surface area contributed by atoms with Crippen LogP contribution < -0.4 is 9.64 Å². The van der Waals surface area contributed by atoms with E-state index in [0.29, 0.717) is 56.8 Å². The molecular formula is C25H36N2O6. The number of aryl methyl sites for hydroxylation is 1. The van der Waals surface area contributed by atoms with Crippen LogP contribution in [0.4, 0.5) is 10.5 Å². The van der Waals surface area contributed by atoms with Crippen molar-refractivity contribution in [3.63, 3.8) is 0 Å². The van der Waals surface area contributed by atoms with Crippen LogP contribution in [-0.4, -0.2) is 67.2 Å². The average molecular weight is 461 g/mol. The molecule has 2 amide bonds. The van der Waals surface area contributed by atoms with Crippen LogP contribution in [0.15, 0.2) is 12.1 Å². The van der Waals surface area contributed by atoms with Crippen LogP contribution in [0.3, 0.4) is 0 Å². The maximum absolute atomic E-state index is 13.1. The summed E-state index contributed by atoms with van der Waals surface area (Å²) < 4.78 is 17.1. The number of ether oxygens (including phenoxy) is 3. The van der Waals surface area contributed by atoms with E-state index in [1.807, 2.05) is 39.8 Å². The minimum absolute atomic E-state index is 0.0328. The number of carbonyl (C=O) groups is 3. The molecule has 2 aliphatic heterocycles. The second-order valence-corrected chi connectivity index (χ2v) is 10.0. The van der Waals surface area contributed by atoms with Gasteiger partial charge in [0.1, 0.15) is 17.0 Å². The van der Waals surface area contributed by atoms with E-state index in [1.165, 1.54) is 6.92 Å². The van der Waals surface area contributed by atoms with E-state index in [0.717, 1.165) is 11.3 Å². The van der Waals surface area contributed by atoms with Crippen molar-refractivity contribution in [3.8, 4) is 5.75 Å². The number of Topliss-reactive ketones (excluding diaryl/α,β-unsaturated/α-hetero) is 1. The van der Waals surface area contributed by atoms with E-state index in [1.54, 1.807) is 16.9 Å². The topological polar surface area (TPSA) is 85.4 Å². The van der Waals surface area contributed by atoms with Gasteiger partial charge in [0.25, 0.3) is 0 Å². The fourth-order valence-corrected chi connectivity index (χ4v) is 4.44. The van der Waals surface area contributed by atoms with Gasteiger partial charge in [-0.1, -0.05) is 0 Å². The fraction of sp³-hybridized carbons (Fsp3) is 0.640. The molecule has 1 aromatic rings. The first-order chi connectivity index (χ1) is 15.4. The molecule has 33 heavy (non-hydrogen) atoms. The quantitative estimate of drug-likeness (QED) is 0.615. The lowest BCUT2D eigenvalue weighted by atomic mass is 9.82. The molecule has 0 atom stereocenters. The SMILES string of the molecule is COCCCN(C(C)=O)c1cc2c(cc1C)C(=O)CC1(CCN(C(=O)OC(C)(C)C)CC1)O2. The molecule has 1 saturated heterocycles. The Morgan fingerprint density at radius 3 is 2.45 bits per heavy atom. The number of fused-ring (bicyclic) bond motifs is 1. The zero-order valence-corrected chi connectivity index (χ0v) is 20.7. The molecular weight excluding hydrogens is 424 g/mol. The average Bonchev–Trinajstić information content (AvgIpc) is 2.71. The number of ketones is 1. The molecule has 0 aliphatic carbocycles. The summed E-state index contributed by atoms with van der Waals surface area (Å²) in [5.74, 6) is 0.470. The summed E-state index contributed by atoms with van der Waals surface area (Å²) in [5, 5.41) is 0. The van der Waals surface area contributed by atoms with Gasteiger partial charge in [0, 0.05) is 59.2 Å². The number of rotatable bonds is 5. The maximum atomic E-state index is 13.1. The molecule has 0 N–H and O–H groups in total.